The molecule has 2 aromatic heterocycles. The van der Waals surface area contributed by atoms with Crippen molar-refractivity contribution in [3.05, 3.63) is 105 Å². The number of aryl methyl sites for hydroxylation is 1. The number of nitrogens with zero attached hydrogens (tertiary/aromatic N) is 2. The molecule has 1 unspecified atom stereocenters. The molecular formula is C25H25N3O3S. The molecule has 0 bridgehead atoms. The largest absolute Gasteiger partial charge is 0.387 e. The summed E-state index contributed by atoms with van der Waals surface area (Å²) >= 11 is 1.50. The number of hydrogen-bond acceptors (Lipinski definition) is 4. The second-order valence-corrected chi connectivity index (χ2v) is 8.47. The fraction of sp³-hybridized carbons (Fsp3) is 0.200. The maximum absolute atomic E-state index is 13.1. The standard InChI is InChI=1S/C25H25N3O3S/c1-27-22-10-6-5-9-19(22)13-21(24(27)30)14-26-25(31)28(15-18-7-3-2-4-8-18)16-23(29)20-11-12-32-17-20/h2-13,17,23,29H,14-16H2,1H3,(H,26,31). The lowest BCUT2D eigenvalue weighted by Gasteiger charge is -2.25. The molecular weight excluding hydrogens is 422 g/mol. The number of rotatable bonds is 7. The zero-order chi connectivity index (χ0) is 22.5. The molecule has 32 heavy (non-hydrogen) atoms. The van der Waals surface area contributed by atoms with Gasteiger partial charge >= 0.3 is 6.03 Å². The highest BCUT2D eigenvalue weighted by molar-refractivity contribution is 7.07. The van der Waals surface area contributed by atoms with Crippen LogP contribution in [0.15, 0.2) is 82.3 Å². The maximum Gasteiger partial charge on any atom is 0.318 e. The monoisotopic (exact) mass is 447 g/mol. The van der Waals surface area contributed by atoms with Gasteiger partial charge in [-0.05, 0) is 45.5 Å². The lowest BCUT2D eigenvalue weighted by molar-refractivity contribution is 0.118. The van der Waals surface area contributed by atoms with Crippen molar-refractivity contribution in [2.75, 3.05) is 6.54 Å². The van der Waals surface area contributed by atoms with Gasteiger partial charge in [-0.3, -0.25) is 4.79 Å². The molecule has 164 valence electrons. The summed E-state index contributed by atoms with van der Waals surface area (Å²) < 4.78 is 1.60. The third kappa shape index (κ3) is 4.90. The van der Waals surface area contributed by atoms with E-state index in [1.807, 2.05) is 77.5 Å². The average molecular weight is 448 g/mol. The van der Waals surface area contributed by atoms with Gasteiger partial charge in [0.15, 0.2) is 0 Å². The molecule has 2 amide bonds. The highest BCUT2D eigenvalue weighted by Crippen LogP contribution is 2.19. The summed E-state index contributed by atoms with van der Waals surface area (Å²) in [6.45, 7) is 0.604. The van der Waals surface area contributed by atoms with Gasteiger partial charge in [-0.1, -0.05) is 48.5 Å². The number of carbonyl (C=O) groups excluding carboxylic acids is 1. The van der Waals surface area contributed by atoms with Crippen molar-refractivity contribution < 1.29 is 9.90 Å². The van der Waals surface area contributed by atoms with Gasteiger partial charge in [0.1, 0.15) is 0 Å². The second-order valence-electron chi connectivity index (χ2n) is 7.69. The number of benzene rings is 2. The molecule has 0 spiro atoms. The van der Waals surface area contributed by atoms with Crippen molar-refractivity contribution in [1.82, 2.24) is 14.8 Å². The van der Waals surface area contributed by atoms with Crippen LogP contribution in [0.3, 0.4) is 0 Å². The summed E-state index contributed by atoms with van der Waals surface area (Å²) in [6.07, 6.45) is -0.788. The molecule has 0 aliphatic carbocycles. The van der Waals surface area contributed by atoms with E-state index in [1.165, 1.54) is 11.3 Å². The summed E-state index contributed by atoms with van der Waals surface area (Å²) in [5, 5.41) is 18.2. The number of fused-ring (bicyclic) bond motifs is 1. The van der Waals surface area contributed by atoms with E-state index in [0.717, 1.165) is 22.0 Å². The van der Waals surface area contributed by atoms with E-state index in [4.69, 9.17) is 0 Å². The number of carbonyl (C=O) groups is 1. The Morgan fingerprint density at radius 1 is 1.12 bits per heavy atom. The molecule has 0 aliphatic heterocycles. The summed E-state index contributed by atoms with van der Waals surface area (Å²) in [7, 11) is 1.73. The second kappa shape index (κ2) is 9.80. The van der Waals surface area contributed by atoms with E-state index >= 15 is 0 Å². The van der Waals surface area contributed by atoms with E-state index < -0.39 is 6.10 Å². The Hall–Kier alpha value is -3.42. The molecule has 2 aromatic carbocycles. The molecule has 7 heteroatoms. The van der Waals surface area contributed by atoms with E-state index in [-0.39, 0.29) is 24.7 Å². The molecule has 2 N–H and O–H groups in total. The Morgan fingerprint density at radius 3 is 2.62 bits per heavy atom. The van der Waals surface area contributed by atoms with Crippen LogP contribution in [0.25, 0.3) is 10.9 Å². The first kappa shape index (κ1) is 21.8. The highest BCUT2D eigenvalue weighted by Gasteiger charge is 2.20. The predicted octanol–water partition coefficient (Wildman–Crippen LogP) is 4.05. The van der Waals surface area contributed by atoms with Crippen molar-refractivity contribution >= 4 is 28.3 Å². The fourth-order valence-electron chi connectivity index (χ4n) is 3.70. The number of hydrogen-bond donors (Lipinski definition) is 2. The van der Waals surface area contributed by atoms with Crippen molar-refractivity contribution in [1.29, 1.82) is 0 Å². The van der Waals surface area contributed by atoms with E-state index in [2.05, 4.69) is 5.32 Å². The van der Waals surface area contributed by atoms with Gasteiger partial charge < -0.3 is 19.9 Å². The van der Waals surface area contributed by atoms with Crippen LogP contribution in [-0.2, 0) is 20.1 Å². The van der Waals surface area contributed by atoms with Crippen LogP contribution in [0, 0.1) is 0 Å². The van der Waals surface area contributed by atoms with E-state index in [1.54, 1.807) is 16.5 Å². The van der Waals surface area contributed by atoms with Gasteiger partial charge in [0.25, 0.3) is 5.56 Å². The minimum Gasteiger partial charge on any atom is -0.387 e. The quantitative estimate of drug-likeness (QED) is 0.449. The first-order chi connectivity index (χ1) is 15.5. The number of amides is 2. The molecule has 0 aliphatic rings. The van der Waals surface area contributed by atoms with Crippen LogP contribution in [0.5, 0.6) is 0 Å². The molecule has 2 heterocycles. The number of aliphatic hydroxyl groups is 1. The highest BCUT2D eigenvalue weighted by atomic mass is 32.1. The fourth-order valence-corrected chi connectivity index (χ4v) is 4.41. The van der Waals surface area contributed by atoms with Crippen molar-refractivity contribution in [3.8, 4) is 0 Å². The Kier molecular flexibility index (Phi) is 6.68. The molecule has 6 nitrogen and oxygen atoms in total. The number of urea groups is 1. The number of aromatic nitrogens is 1. The molecule has 0 saturated heterocycles. The summed E-state index contributed by atoms with van der Waals surface area (Å²) in [4.78, 5) is 27.4. The molecule has 4 aromatic rings. The lowest BCUT2D eigenvalue weighted by atomic mass is 10.1. The molecule has 1 atom stereocenters. The van der Waals surface area contributed by atoms with Gasteiger partial charge in [0.2, 0.25) is 0 Å². The SMILES string of the molecule is Cn1c(=O)c(CNC(=O)N(Cc2ccccc2)CC(O)c2ccsc2)cc2ccccc21. The number of aliphatic hydroxyl groups excluding tert-OH is 1. The average Bonchev–Trinajstić information content (AvgIpc) is 3.36. The van der Waals surface area contributed by atoms with Crippen LogP contribution in [-0.4, -0.2) is 27.1 Å². The normalized spacial score (nSPS) is 11.9. The predicted molar refractivity (Wildman–Crippen MR) is 128 cm³/mol. The van der Waals surface area contributed by atoms with Gasteiger partial charge in [-0.15, -0.1) is 0 Å². The van der Waals surface area contributed by atoms with Crippen molar-refractivity contribution in [2.45, 2.75) is 19.2 Å². The third-order valence-corrected chi connectivity index (χ3v) is 6.16. The molecule has 0 saturated carbocycles. The van der Waals surface area contributed by atoms with E-state index in [0.29, 0.717) is 12.1 Å². The van der Waals surface area contributed by atoms with Crippen molar-refractivity contribution in [3.63, 3.8) is 0 Å². The van der Waals surface area contributed by atoms with Gasteiger partial charge in [0.05, 0.1) is 18.2 Å². The minimum absolute atomic E-state index is 0.107. The summed E-state index contributed by atoms with van der Waals surface area (Å²) in [6, 6.07) is 20.6. The zero-order valence-electron chi connectivity index (χ0n) is 17.8. The maximum atomic E-state index is 13.1. The van der Waals surface area contributed by atoms with Gasteiger partial charge in [0, 0.05) is 25.7 Å². The third-order valence-electron chi connectivity index (χ3n) is 5.46. The molecule has 0 fully saturated rings. The van der Waals surface area contributed by atoms with Crippen LogP contribution >= 0.6 is 11.3 Å². The Labute approximate surface area is 190 Å². The number of pyridine rings is 1. The Balaban J connectivity index is 1.52. The summed E-state index contributed by atoms with van der Waals surface area (Å²) in [5.74, 6) is 0. The molecule has 0 radical (unpaired) electrons. The summed E-state index contributed by atoms with van der Waals surface area (Å²) in [5.41, 5.74) is 2.96. The van der Waals surface area contributed by atoms with Crippen LogP contribution in [0.4, 0.5) is 4.79 Å². The first-order valence-electron chi connectivity index (χ1n) is 10.4. The van der Waals surface area contributed by atoms with E-state index in [9.17, 15) is 14.7 Å². The topological polar surface area (TPSA) is 74.6 Å². The number of para-hydroxylation sites is 1. The smallest absolute Gasteiger partial charge is 0.318 e. The Bertz CT molecular complexity index is 1250. The van der Waals surface area contributed by atoms with Crippen LogP contribution in [0.1, 0.15) is 22.8 Å². The van der Waals surface area contributed by atoms with Crippen molar-refractivity contribution in [2.24, 2.45) is 7.05 Å². The lowest BCUT2D eigenvalue weighted by Crippen LogP contribution is -2.42. The van der Waals surface area contributed by atoms with Crippen LogP contribution in [0.2, 0.25) is 0 Å². The number of thiophene rings is 1. The number of nitrogens with one attached hydrogen (secondary N) is 1. The molecule has 4 rings (SSSR count). The van der Waals surface area contributed by atoms with Gasteiger partial charge in [-0.25, -0.2) is 4.79 Å². The Morgan fingerprint density at radius 2 is 1.88 bits per heavy atom. The first-order valence-corrected chi connectivity index (χ1v) is 11.3. The minimum atomic E-state index is -0.788. The van der Waals surface area contributed by atoms with Gasteiger partial charge in [-0.2, -0.15) is 11.3 Å². The van der Waals surface area contributed by atoms with Crippen LogP contribution < -0.4 is 10.9 Å². The zero-order valence-corrected chi connectivity index (χ0v) is 18.6.